The Labute approximate surface area is 80.8 Å². The number of aliphatic hydroxyl groups is 1. The lowest BCUT2D eigenvalue weighted by atomic mass is 9.90. The zero-order chi connectivity index (χ0) is 9.19. The Morgan fingerprint density at radius 2 is 2.25 bits per heavy atom. The summed E-state index contributed by atoms with van der Waals surface area (Å²) < 4.78 is 0.994. The summed E-state index contributed by atoms with van der Waals surface area (Å²) in [5.74, 6) is 0. The van der Waals surface area contributed by atoms with Gasteiger partial charge in [0.1, 0.15) is 0 Å². The van der Waals surface area contributed by atoms with Crippen LogP contribution in [-0.2, 0) is 5.41 Å². The molecular formula is C9H12BrNO. The van der Waals surface area contributed by atoms with Crippen molar-refractivity contribution in [3.63, 3.8) is 0 Å². The third-order valence-electron chi connectivity index (χ3n) is 1.81. The van der Waals surface area contributed by atoms with Crippen molar-refractivity contribution in [2.45, 2.75) is 19.3 Å². The van der Waals surface area contributed by atoms with Crippen molar-refractivity contribution in [2.75, 3.05) is 6.61 Å². The van der Waals surface area contributed by atoms with Gasteiger partial charge in [-0.15, -0.1) is 0 Å². The summed E-state index contributed by atoms with van der Waals surface area (Å²) in [7, 11) is 0. The van der Waals surface area contributed by atoms with E-state index in [9.17, 15) is 0 Å². The molecule has 0 atom stereocenters. The van der Waals surface area contributed by atoms with Crippen molar-refractivity contribution in [2.24, 2.45) is 0 Å². The van der Waals surface area contributed by atoms with Gasteiger partial charge in [-0.1, -0.05) is 29.8 Å². The highest BCUT2D eigenvalue weighted by Gasteiger charge is 2.20. The summed E-state index contributed by atoms with van der Waals surface area (Å²) in [6.07, 6.45) is 1.73. The van der Waals surface area contributed by atoms with Crippen LogP contribution in [0.5, 0.6) is 0 Å². The summed E-state index contributed by atoms with van der Waals surface area (Å²) in [6.45, 7) is 4.03. The maximum atomic E-state index is 9.08. The number of rotatable bonds is 2. The molecule has 0 saturated carbocycles. The second kappa shape index (κ2) is 3.54. The molecule has 0 aliphatic heterocycles. The van der Waals surface area contributed by atoms with Gasteiger partial charge >= 0.3 is 0 Å². The summed E-state index contributed by atoms with van der Waals surface area (Å²) in [5.41, 5.74) is 0.642. The minimum Gasteiger partial charge on any atom is -0.395 e. The highest BCUT2D eigenvalue weighted by atomic mass is 79.9. The molecular weight excluding hydrogens is 218 g/mol. The van der Waals surface area contributed by atoms with Crippen LogP contribution in [0.1, 0.15) is 19.5 Å². The van der Waals surface area contributed by atoms with Gasteiger partial charge in [-0.25, -0.2) is 0 Å². The first-order chi connectivity index (χ1) is 5.56. The molecule has 0 saturated heterocycles. The monoisotopic (exact) mass is 229 g/mol. The van der Waals surface area contributed by atoms with Crippen LogP contribution in [0.2, 0.25) is 0 Å². The normalized spacial score (nSPS) is 11.7. The van der Waals surface area contributed by atoms with Crippen LogP contribution in [0.25, 0.3) is 0 Å². The molecule has 0 radical (unpaired) electrons. The number of hydrogen-bond acceptors (Lipinski definition) is 2. The van der Waals surface area contributed by atoms with Crippen molar-refractivity contribution < 1.29 is 5.11 Å². The Kier molecular flexibility index (Phi) is 2.85. The van der Waals surface area contributed by atoms with Gasteiger partial charge in [0, 0.05) is 21.8 Å². The van der Waals surface area contributed by atoms with Crippen molar-refractivity contribution >= 4 is 15.9 Å². The van der Waals surface area contributed by atoms with E-state index < -0.39 is 0 Å². The predicted octanol–water partition coefficient (Wildman–Crippen LogP) is 2.11. The molecule has 1 aromatic heterocycles. The van der Waals surface area contributed by atoms with E-state index in [4.69, 9.17) is 5.11 Å². The zero-order valence-electron chi connectivity index (χ0n) is 7.21. The number of aliphatic hydroxyl groups excluding tert-OH is 1. The molecule has 0 bridgehead atoms. The minimum absolute atomic E-state index is 0.108. The molecule has 66 valence electrons. The zero-order valence-corrected chi connectivity index (χ0v) is 8.80. The number of halogens is 1. The highest BCUT2D eigenvalue weighted by molar-refractivity contribution is 9.10. The van der Waals surface area contributed by atoms with E-state index in [1.54, 1.807) is 6.20 Å². The number of hydrogen-bond donors (Lipinski definition) is 1. The van der Waals surface area contributed by atoms with Crippen LogP contribution in [0, 0.1) is 0 Å². The second-order valence-electron chi connectivity index (χ2n) is 3.40. The standard InChI is InChI=1S/C9H12BrNO/c1-9(2,6-12)8-5-7(10)3-4-11-8/h3-5,12H,6H2,1-2H3. The Bertz CT molecular complexity index is 273. The molecule has 0 amide bonds. The lowest BCUT2D eigenvalue weighted by molar-refractivity contribution is 0.215. The number of aromatic nitrogens is 1. The predicted molar refractivity (Wildman–Crippen MR) is 52.0 cm³/mol. The topological polar surface area (TPSA) is 33.1 Å². The molecule has 0 aliphatic rings. The van der Waals surface area contributed by atoms with E-state index >= 15 is 0 Å². The average molecular weight is 230 g/mol. The fraction of sp³-hybridized carbons (Fsp3) is 0.444. The van der Waals surface area contributed by atoms with Crippen molar-refractivity contribution in [3.8, 4) is 0 Å². The Morgan fingerprint density at radius 1 is 1.58 bits per heavy atom. The number of nitrogens with zero attached hydrogens (tertiary/aromatic N) is 1. The van der Waals surface area contributed by atoms with E-state index in [0.717, 1.165) is 10.2 Å². The molecule has 0 aromatic carbocycles. The average Bonchev–Trinajstić information content (AvgIpc) is 2.05. The molecule has 3 heteroatoms. The van der Waals surface area contributed by atoms with E-state index in [2.05, 4.69) is 20.9 Å². The Hall–Kier alpha value is -0.410. The first-order valence-electron chi connectivity index (χ1n) is 3.79. The van der Waals surface area contributed by atoms with Crippen LogP contribution < -0.4 is 0 Å². The van der Waals surface area contributed by atoms with Gasteiger partial charge < -0.3 is 5.11 Å². The fourth-order valence-electron chi connectivity index (χ4n) is 0.856. The lowest BCUT2D eigenvalue weighted by Crippen LogP contribution is -2.23. The fourth-order valence-corrected chi connectivity index (χ4v) is 1.19. The quantitative estimate of drug-likeness (QED) is 0.844. The minimum atomic E-state index is -0.260. The van der Waals surface area contributed by atoms with Gasteiger partial charge in [-0.3, -0.25) is 4.98 Å². The van der Waals surface area contributed by atoms with Crippen LogP contribution in [-0.4, -0.2) is 16.7 Å². The lowest BCUT2D eigenvalue weighted by Gasteiger charge is -2.20. The van der Waals surface area contributed by atoms with Gasteiger partial charge in [0.2, 0.25) is 0 Å². The third-order valence-corrected chi connectivity index (χ3v) is 2.30. The largest absolute Gasteiger partial charge is 0.395 e. The molecule has 12 heavy (non-hydrogen) atoms. The molecule has 2 nitrogen and oxygen atoms in total. The molecule has 0 unspecified atom stereocenters. The first kappa shape index (κ1) is 9.68. The van der Waals surface area contributed by atoms with E-state index in [-0.39, 0.29) is 12.0 Å². The molecule has 0 spiro atoms. The molecule has 1 aromatic rings. The maximum absolute atomic E-state index is 9.08. The van der Waals surface area contributed by atoms with Gasteiger partial charge in [0.25, 0.3) is 0 Å². The van der Waals surface area contributed by atoms with E-state index in [0.29, 0.717) is 0 Å². The van der Waals surface area contributed by atoms with Gasteiger partial charge in [-0.2, -0.15) is 0 Å². The summed E-state index contributed by atoms with van der Waals surface area (Å²) in [5, 5.41) is 9.08. The Balaban J connectivity index is 3.03. The smallest absolute Gasteiger partial charge is 0.0537 e. The van der Waals surface area contributed by atoms with Crippen molar-refractivity contribution in [1.82, 2.24) is 4.98 Å². The van der Waals surface area contributed by atoms with Gasteiger partial charge in [0.15, 0.2) is 0 Å². The van der Waals surface area contributed by atoms with Crippen LogP contribution >= 0.6 is 15.9 Å². The molecule has 1 rings (SSSR count). The SMILES string of the molecule is CC(C)(CO)c1cc(Br)ccn1. The molecule has 0 fully saturated rings. The van der Waals surface area contributed by atoms with E-state index in [1.807, 2.05) is 26.0 Å². The summed E-state index contributed by atoms with van der Waals surface area (Å²) in [6, 6.07) is 3.80. The molecule has 1 heterocycles. The Morgan fingerprint density at radius 3 is 2.75 bits per heavy atom. The van der Waals surface area contributed by atoms with Crippen LogP contribution in [0.15, 0.2) is 22.8 Å². The van der Waals surface area contributed by atoms with E-state index in [1.165, 1.54) is 0 Å². The maximum Gasteiger partial charge on any atom is 0.0537 e. The summed E-state index contributed by atoms with van der Waals surface area (Å²) >= 11 is 3.36. The molecule has 1 N–H and O–H groups in total. The second-order valence-corrected chi connectivity index (χ2v) is 4.32. The van der Waals surface area contributed by atoms with Crippen molar-refractivity contribution in [1.29, 1.82) is 0 Å². The third kappa shape index (κ3) is 2.05. The number of pyridine rings is 1. The highest BCUT2D eigenvalue weighted by Crippen LogP contribution is 2.22. The van der Waals surface area contributed by atoms with Gasteiger partial charge in [0.05, 0.1) is 6.61 Å². The molecule has 0 aliphatic carbocycles. The first-order valence-corrected chi connectivity index (χ1v) is 4.58. The van der Waals surface area contributed by atoms with Crippen LogP contribution in [0.4, 0.5) is 0 Å². The van der Waals surface area contributed by atoms with Crippen LogP contribution in [0.3, 0.4) is 0 Å². The van der Waals surface area contributed by atoms with Gasteiger partial charge in [-0.05, 0) is 12.1 Å². The summed E-state index contributed by atoms with van der Waals surface area (Å²) in [4.78, 5) is 4.19. The van der Waals surface area contributed by atoms with Crippen molar-refractivity contribution in [3.05, 3.63) is 28.5 Å².